The molecule has 1 saturated heterocycles. The van der Waals surface area contributed by atoms with Gasteiger partial charge < -0.3 is 5.11 Å². The molecule has 1 unspecified atom stereocenters. The van der Waals surface area contributed by atoms with Crippen LogP contribution in [0.1, 0.15) is 37.3 Å². The van der Waals surface area contributed by atoms with E-state index in [-0.39, 0.29) is 6.61 Å². The Morgan fingerprint density at radius 1 is 1.24 bits per heavy atom. The van der Waals surface area contributed by atoms with E-state index >= 15 is 0 Å². The summed E-state index contributed by atoms with van der Waals surface area (Å²) in [6, 6.07) is 8.32. The fourth-order valence-corrected chi connectivity index (χ4v) is 2.71. The smallest absolute Gasteiger partial charge is 0.0681 e. The van der Waals surface area contributed by atoms with Crippen molar-refractivity contribution in [1.29, 1.82) is 0 Å². The number of aliphatic hydroxyl groups excluding tert-OH is 1. The molecular formula is C15H23NO. The Balaban J connectivity index is 1.84. The summed E-state index contributed by atoms with van der Waals surface area (Å²) >= 11 is 0. The predicted octanol–water partition coefficient (Wildman–Crippen LogP) is 2.80. The number of hydrogen-bond acceptors (Lipinski definition) is 2. The van der Waals surface area contributed by atoms with Crippen molar-refractivity contribution in [3.05, 3.63) is 35.4 Å². The summed E-state index contributed by atoms with van der Waals surface area (Å²) in [4.78, 5) is 2.55. The summed E-state index contributed by atoms with van der Waals surface area (Å²) in [6.45, 7) is 5.98. The van der Waals surface area contributed by atoms with E-state index in [1.54, 1.807) is 0 Å². The molecule has 17 heavy (non-hydrogen) atoms. The van der Waals surface area contributed by atoms with Crippen LogP contribution in [0.2, 0.25) is 0 Å². The predicted molar refractivity (Wildman–Crippen MR) is 70.7 cm³/mol. The molecule has 1 atom stereocenters. The third-order valence-electron chi connectivity index (χ3n) is 3.68. The van der Waals surface area contributed by atoms with Gasteiger partial charge in [0.05, 0.1) is 6.61 Å². The highest BCUT2D eigenvalue weighted by atomic mass is 16.3. The molecule has 1 aromatic carbocycles. The zero-order valence-electron chi connectivity index (χ0n) is 10.7. The standard InChI is InChI=1S/C15H23NO/c1-2-3-13-8-9-16(10-13)11-14-4-6-15(12-17)7-5-14/h4-7,13,17H,2-3,8-12H2,1H3. The molecule has 0 spiro atoms. The lowest BCUT2D eigenvalue weighted by atomic mass is 10.0. The van der Waals surface area contributed by atoms with Gasteiger partial charge in [-0.1, -0.05) is 37.6 Å². The van der Waals surface area contributed by atoms with Crippen molar-refractivity contribution in [3.8, 4) is 0 Å². The molecule has 1 aromatic rings. The minimum Gasteiger partial charge on any atom is -0.392 e. The van der Waals surface area contributed by atoms with E-state index < -0.39 is 0 Å². The SMILES string of the molecule is CCCC1CCN(Cc2ccc(CO)cc2)C1. The fraction of sp³-hybridized carbons (Fsp3) is 0.600. The maximum absolute atomic E-state index is 9.00. The van der Waals surface area contributed by atoms with Crippen molar-refractivity contribution in [3.63, 3.8) is 0 Å². The molecule has 0 aromatic heterocycles. The van der Waals surface area contributed by atoms with Gasteiger partial charge in [0.1, 0.15) is 0 Å². The minimum absolute atomic E-state index is 0.141. The van der Waals surface area contributed by atoms with Crippen molar-refractivity contribution in [1.82, 2.24) is 4.90 Å². The Hall–Kier alpha value is -0.860. The molecule has 2 rings (SSSR count). The number of nitrogens with zero attached hydrogens (tertiary/aromatic N) is 1. The maximum atomic E-state index is 9.00. The van der Waals surface area contributed by atoms with Gasteiger partial charge in [-0.15, -0.1) is 0 Å². The zero-order chi connectivity index (χ0) is 12.1. The molecular weight excluding hydrogens is 210 g/mol. The molecule has 94 valence electrons. The van der Waals surface area contributed by atoms with Crippen LogP contribution in [0.3, 0.4) is 0 Å². The van der Waals surface area contributed by atoms with Crippen molar-refractivity contribution < 1.29 is 5.11 Å². The Morgan fingerprint density at radius 3 is 2.59 bits per heavy atom. The molecule has 0 aliphatic carbocycles. The molecule has 0 bridgehead atoms. The first-order chi connectivity index (χ1) is 8.31. The van der Waals surface area contributed by atoms with Gasteiger partial charge >= 0.3 is 0 Å². The van der Waals surface area contributed by atoms with E-state index in [1.165, 1.54) is 37.9 Å². The first-order valence-corrected chi connectivity index (χ1v) is 6.73. The molecule has 0 amide bonds. The summed E-state index contributed by atoms with van der Waals surface area (Å²) in [7, 11) is 0. The first kappa shape index (κ1) is 12.6. The van der Waals surface area contributed by atoms with Gasteiger partial charge in [-0.05, 0) is 36.4 Å². The highest BCUT2D eigenvalue weighted by Gasteiger charge is 2.21. The molecule has 2 heteroatoms. The lowest BCUT2D eigenvalue weighted by Gasteiger charge is -2.16. The van der Waals surface area contributed by atoms with Crippen LogP contribution in [0.15, 0.2) is 24.3 Å². The molecule has 2 nitrogen and oxygen atoms in total. The van der Waals surface area contributed by atoms with E-state index in [4.69, 9.17) is 5.11 Å². The van der Waals surface area contributed by atoms with E-state index in [9.17, 15) is 0 Å². The van der Waals surface area contributed by atoms with Crippen LogP contribution < -0.4 is 0 Å². The van der Waals surface area contributed by atoms with Crippen LogP contribution in [0, 0.1) is 5.92 Å². The number of hydrogen-bond donors (Lipinski definition) is 1. The fourth-order valence-electron chi connectivity index (χ4n) is 2.71. The van der Waals surface area contributed by atoms with E-state index in [0.717, 1.165) is 18.0 Å². The van der Waals surface area contributed by atoms with Gasteiger partial charge in [0.25, 0.3) is 0 Å². The summed E-state index contributed by atoms with van der Waals surface area (Å²) in [6.07, 6.45) is 4.05. The number of benzene rings is 1. The number of likely N-dealkylation sites (tertiary alicyclic amines) is 1. The summed E-state index contributed by atoms with van der Waals surface area (Å²) < 4.78 is 0. The number of rotatable bonds is 5. The van der Waals surface area contributed by atoms with Gasteiger partial charge in [0.2, 0.25) is 0 Å². The molecule has 1 aliphatic heterocycles. The van der Waals surface area contributed by atoms with Crippen LogP contribution >= 0.6 is 0 Å². The Labute approximate surface area is 104 Å². The lowest BCUT2D eigenvalue weighted by molar-refractivity contribution is 0.281. The molecule has 1 N–H and O–H groups in total. The Bertz CT molecular complexity index is 333. The lowest BCUT2D eigenvalue weighted by Crippen LogP contribution is -2.20. The van der Waals surface area contributed by atoms with Crippen molar-refractivity contribution in [2.75, 3.05) is 13.1 Å². The molecule has 0 saturated carbocycles. The largest absolute Gasteiger partial charge is 0.392 e. The highest BCUT2D eigenvalue weighted by Crippen LogP contribution is 2.22. The Morgan fingerprint density at radius 2 is 1.94 bits per heavy atom. The van der Waals surface area contributed by atoms with Crippen LogP contribution in [-0.2, 0) is 13.2 Å². The normalized spacial score (nSPS) is 20.9. The van der Waals surface area contributed by atoms with Gasteiger partial charge in [0, 0.05) is 13.1 Å². The molecule has 1 heterocycles. The quantitative estimate of drug-likeness (QED) is 0.845. The monoisotopic (exact) mass is 233 g/mol. The van der Waals surface area contributed by atoms with Gasteiger partial charge in [-0.25, -0.2) is 0 Å². The Kier molecular flexibility index (Phi) is 4.57. The summed E-state index contributed by atoms with van der Waals surface area (Å²) in [5.74, 6) is 0.914. The van der Waals surface area contributed by atoms with Crippen molar-refractivity contribution >= 4 is 0 Å². The van der Waals surface area contributed by atoms with E-state index in [1.807, 2.05) is 12.1 Å². The van der Waals surface area contributed by atoms with Gasteiger partial charge in [-0.3, -0.25) is 4.90 Å². The minimum atomic E-state index is 0.141. The zero-order valence-corrected chi connectivity index (χ0v) is 10.7. The van der Waals surface area contributed by atoms with Crippen LogP contribution in [0.4, 0.5) is 0 Å². The second-order valence-electron chi connectivity index (χ2n) is 5.15. The van der Waals surface area contributed by atoms with E-state index in [0.29, 0.717) is 0 Å². The second-order valence-corrected chi connectivity index (χ2v) is 5.15. The first-order valence-electron chi connectivity index (χ1n) is 6.73. The van der Waals surface area contributed by atoms with Crippen molar-refractivity contribution in [2.24, 2.45) is 5.92 Å². The van der Waals surface area contributed by atoms with Crippen molar-refractivity contribution in [2.45, 2.75) is 39.3 Å². The van der Waals surface area contributed by atoms with Gasteiger partial charge in [-0.2, -0.15) is 0 Å². The average molecular weight is 233 g/mol. The topological polar surface area (TPSA) is 23.5 Å². The average Bonchev–Trinajstić information content (AvgIpc) is 2.78. The molecule has 0 radical (unpaired) electrons. The van der Waals surface area contributed by atoms with Crippen LogP contribution in [0.5, 0.6) is 0 Å². The van der Waals surface area contributed by atoms with Gasteiger partial charge in [0.15, 0.2) is 0 Å². The van der Waals surface area contributed by atoms with Crippen LogP contribution in [-0.4, -0.2) is 23.1 Å². The maximum Gasteiger partial charge on any atom is 0.0681 e. The van der Waals surface area contributed by atoms with Crippen LogP contribution in [0.25, 0.3) is 0 Å². The second kappa shape index (κ2) is 6.18. The third-order valence-corrected chi connectivity index (χ3v) is 3.68. The summed E-state index contributed by atoms with van der Waals surface area (Å²) in [5, 5.41) is 9.00. The van der Waals surface area contributed by atoms with E-state index in [2.05, 4.69) is 24.0 Å². The molecule has 1 aliphatic rings. The summed E-state index contributed by atoms with van der Waals surface area (Å²) in [5.41, 5.74) is 2.36. The third kappa shape index (κ3) is 3.55. The molecule has 1 fully saturated rings. The number of aliphatic hydroxyl groups is 1. The highest BCUT2D eigenvalue weighted by molar-refractivity contribution is 5.21.